The monoisotopic (exact) mass is 522 g/mol. The highest BCUT2D eigenvalue weighted by Crippen LogP contribution is 2.61. The van der Waals surface area contributed by atoms with Crippen LogP contribution >= 0.6 is 15.9 Å². The lowest BCUT2D eigenvalue weighted by Gasteiger charge is -2.29. The highest BCUT2D eigenvalue weighted by Gasteiger charge is 2.70. The molecule has 0 radical (unpaired) electrons. The molecule has 0 aliphatic carbocycles. The minimum absolute atomic E-state index is 0.317. The first-order chi connectivity index (χ1) is 16.3. The van der Waals surface area contributed by atoms with Crippen LogP contribution in [-0.2, 0) is 15.1 Å². The van der Waals surface area contributed by atoms with Crippen LogP contribution < -0.4 is 9.64 Å². The summed E-state index contributed by atoms with van der Waals surface area (Å²) < 4.78 is 12.9. The molecule has 3 aromatic rings. The number of nitrogens with zero attached hydrogens (tertiary/aromatic N) is 2. The molecule has 7 nitrogen and oxygen atoms in total. The number of hydrogen-bond acceptors (Lipinski definition) is 5. The van der Waals surface area contributed by atoms with Crippen LogP contribution in [0.4, 0.5) is 5.69 Å². The van der Waals surface area contributed by atoms with E-state index in [0.717, 1.165) is 10.0 Å². The van der Waals surface area contributed by atoms with Gasteiger partial charge in [0.1, 0.15) is 5.75 Å². The lowest BCUT2D eigenvalue weighted by atomic mass is 9.74. The normalized spacial score (nSPS) is 25.6. The number of rotatable bonds is 4. The second-order valence-electron chi connectivity index (χ2n) is 8.71. The quantitative estimate of drug-likeness (QED) is 0.350. The maximum atomic E-state index is 13.9. The lowest BCUT2D eigenvalue weighted by Crippen LogP contribution is -2.44. The van der Waals surface area contributed by atoms with Crippen molar-refractivity contribution in [3.63, 3.8) is 0 Å². The van der Waals surface area contributed by atoms with Crippen LogP contribution in [0, 0.1) is 17.0 Å². The SMILES string of the molecule is COc1ccc(Br)cc1[C@@H]1O[C@@]2(C(=O)N(C)c3ccccc32)[C@@H](c2ccc(C)cc2)[C@@H]1[N+](=O)[O-]. The second kappa shape index (κ2) is 8.21. The number of carbonyl (C=O) groups excluding carboxylic acids is 1. The van der Waals surface area contributed by atoms with E-state index in [0.29, 0.717) is 28.1 Å². The summed E-state index contributed by atoms with van der Waals surface area (Å²) in [4.78, 5) is 27.9. The number of amides is 1. The first-order valence-electron chi connectivity index (χ1n) is 10.9. The van der Waals surface area contributed by atoms with Gasteiger partial charge in [0.05, 0.1) is 18.7 Å². The molecular formula is C26H23BrN2O5. The first kappa shape index (κ1) is 22.6. The van der Waals surface area contributed by atoms with Crippen LogP contribution in [0.1, 0.15) is 34.3 Å². The molecule has 0 aromatic heterocycles. The summed E-state index contributed by atoms with van der Waals surface area (Å²) in [6.45, 7) is 1.95. The molecule has 2 heterocycles. The summed E-state index contributed by atoms with van der Waals surface area (Å²) in [5.74, 6) is -0.704. The number of carbonyl (C=O) groups is 1. The van der Waals surface area contributed by atoms with E-state index in [4.69, 9.17) is 9.47 Å². The fourth-order valence-corrected chi connectivity index (χ4v) is 5.72. The summed E-state index contributed by atoms with van der Waals surface area (Å²) in [6.07, 6.45) is -1.02. The van der Waals surface area contributed by atoms with E-state index in [-0.39, 0.29) is 10.8 Å². The number of aryl methyl sites for hydroxylation is 1. The van der Waals surface area contributed by atoms with E-state index in [9.17, 15) is 14.9 Å². The third-order valence-corrected chi connectivity index (χ3v) is 7.36. The minimum atomic E-state index is -1.55. The number of likely N-dealkylation sites (N-methyl/N-ethyl adjacent to an activating group) is 1. The van der Waals surface area contributed by atoms with Gasteiger partial charge in [-0.25, -0.2) is 0 Å². The van der Waals surface area contributed by atoms with Crippen LogP contribution in [0.25, 0.3) is 0 Å². The van der Waals surface area contributed by atoms with E-state index in [1.807, 2.05) is 55.5 Å². The van der Waals surface area contributed by atoms with E-state index in [1.54, 1.807) is 25.2 Å². The van der Waals surface area contributed by atoms with E-state index in [2.05, 4.69) is 15.9 Å². The summed E-state index contributed by atoms with van der Waals surface area (Å²) in [6, 6.07) is 18.9. The zero-order valence-corrected chi connectivity index (χ0v) is 20.5. The van der Waals surface area contributed by atoms with Gasteiger partial charge in [0.25, 0.3) is 11.9 Å². The lowest BCUT2D eigenvalue weighted by molar-refractivity contribution is -0.531. The number of halogens is 1. The highest BCUT2D eigenvalue weighted by molar-refractivity contribution is 9.10. The Morgan fingerprint density at radius 3 is 2.50 bits per heavy atom. The van der Waals surface area contributed by atoms with Gasteiger partial charge in [-0.15, -0.1) is 0 Å². The third kappa shape index (κ3) is 3.16. The van der Waals surface area contributed by atoms with Crippen molar-refractivity contribution in [2.75, 3.05) is 19.1 Å². The number of anilines is 1. The molecule has 1 spiro atoms. The molecule has 2 aliphatic rings. The standard InChI is InChI=1S/C26H23BrN2O5/c1-15-8-10-16(11-9-15)22-23(29(31)32)24(18-14-17(27)12-13-21(18)33-3)34-26(22)19-6-4-5-7-20(19)28(2)25(26)30/h4-14,22-24H,1-3H3/t22-,23-,24-,26+/m0/s1. The molecule has 3 aromatic carbocycles. The number of nitro groups is 1. The van der Waals surface area contributed by atoms with E-state index in [1.165, 1.54) is 12.0 Å². The molecule has 0 unspecified atom stereocenters. The predicted molar refractivity (Wildman–Crippen MR) is 131 cm³/mol. The Morgan fingerprint density at radius 2 is 1.82 bits per heavy atom. The van der Waals surface area contributed by atoms with Gasteiger partial charge in [-0.3, -0.25) is 14.9 Å². The molecule has 4 atom stereocenters. The Bertz CT molecular complexity index is 1290. The average Bonchev–Trinajstić information content (AvgIpc) is 3.30. The van der Waals surface area contributed by atoms with Crippen molar-refractivity contribution in [2.24, 2.45) is 0 Å². The van der Waals surface area contributed by atoms with Crippen LogP contribution in [0.3, 0.4) is 0 Å². The third-order valence-electron chi connectivity index (χ3n) is 6.87. The van der Waals surface area contributed by atoms with Gasteiger partial charge in [-0.05, 0) is 36.8 Å². The van der Waals surface area contributed by atoms with Crippen LogP contribution in [0.5, 0.6) is 5.75 Å². The van der Waals surface area contributed by atoms with Crippen molar-refractivity contribution in [3.05, 3.63) is 104 Å². The average molecular weight is 523 g/mol. The Kier molecular flexibility index (Phi) is 5.45. The van der Waals surface area contributed by atoms with Crippen molar-refractivity contribution in [1.82, 2.24) is 0 Å². The number of methoxy groups -OCH3 is 1. The predicted octanol–water partition coefficient (Wildman–Crippen LogP) is 5.14. The van der Waals surface area contributed by atoms with Gasteiger partial charge in [-0.1, -0.05) is 64.0 Å². The van der Waals surface area contributed by atoms with Gasteiger partial charge in [0, 0.05) is 27.6 Å². The Morgan fingerprint density at radius 1 is 1.12 bits per heavy atom. The smallest absolute Gasteiger partial charge is 0.264 e. The summed E-state index contributed by atoms with van der Waals surface area (Å²) in [5.41, 5.74) is 2.01. The van der Waals surface area contributed by atoms with E-state index >= 15 is 0 Å². The fraction of sp³-hybridized carbons (Fsp3) is 0.269. The number of ether oxygens (including phenoxy) is 2. The number of para-hydroxylation sites is 1. The van der Waals surface area contributed by atoms with Gasteiger partial charge < -0.3 is 14.4 Å². The van der Waals surface area contributed by atoms with Crippen molar-refractivity contribution in [1.29, 1.82) is 0 Å². The molecule has 5 rings (SSSR count). The maximum absolute atomic E-state index is 13.9. The molecule has 1 amide bonds. The number of hydrogen-bond donors (Lipinski definition) is 0. The molecule has 0 N–H and O–H groups in total. The number of fused-ring (bicyclic) bond motifs is 2. The maximum Gasteiger partial charge on any atom is 0.264 e. The zero-order chi connectivity index (χ0) is 24.2. The highest BCUT2D eigenvalue weighted by atomic mass is 79.9. The molecule has 174 valence electrons. The van der Waals surface area contributed by atoms with Gasteiger partial charge in [0.2, 0.25) is 0 Å². The Labute approximate surface area is 205 Å². The van der Waals surface area contributed by atoms with Gasteiger partial charge in [-0.2, -0.15) is 0 Å². The molecule has 1 fully saturated rings. The van der Waals surface area contributed by atoms with Crippen molar-refractivity contribution in [2.45, 2.75) is 30.6 Å². The summed E-state index contributed by atoms with van der Waals surface area (Å²) in [7, 11) is 3.19. The van der Waals surface area contributed by atoms with Crippen LogP contribution in [-0.4, -0.2) is 31.0 Å². The molecule has 1 saturated heterocycles. The molecule has 8 heteroatoms. The van der Waals surface area contributed by atoms with Crippen molar-refractivity contribution < 1.29 is 19.2 Å². The van der Waals surface area contributed by atoms with Gasteiger partial charge in [0.15, 0.2) is 11.7 Å². The largest absolute Gasteiger partial charge is 0.496 e. The molecule has 2 aliphatic heterocycles. The van der Waals surface area contributed by atoms with Crippen molar-refractivity contribution >= 4 is 27.5 Å². The Balaban J connectivity index is 1.81. The fourth-order valence-electron chi connectivity index (χ4n) is 5.34. The summed E-state index contributed by atoms with van der Waals surface area (Å²) >= 11 is 3.46. The van der Waals surface area contributed by atoms with Crippen LogP contribution in [0.2, 0.25) is 0 Å². The topological polar surface area (TPSA) is 81.9 Å². The molecular weight excluding hydrogens is 500 g/mol. The Hall–Kier alpha value is -3.23. The van der Waals surface area contributed by atoms with E-state index < -0.39 is 23.7 Å². The minimum Gasteiger partial charge on any atom is -0.496 e. The summed E-state index contributed by atoms with van der Waals surface area (Å²) in [5, 5.41) is 12.7. The molecule has 34 heavy (non-hydrogen) atoms. The molecule has 0 bridgehead atoms. The number of benzene rings is 3. The van der Waals surface area contributed by atoms with Gasteiger partial charge >= 0.3 is 0 Å². The molecule has 0 saturated carbocycles. The zero-order valence-electron chi connectivity index (χ0n) is 18.9. The second-order valence-corrected chi connectivity index (χ2v) is 9.62. The van der Waals surface area contributed by atoms with Crippen molar-refractivity contribution in [3.8, 4) is 5.75 Å². The van der Waals surface area contributed by atoms with Crippen LogP contribution in [0.15, 0.2) is 71.2 Å². The first-order valence-corrected chi connectivity index (χ1v) is 11.7.